The molecular formula is C12H13N3O5. The molecule has 0 amide bonds. The van der Waals surface area contributed by atoms with Crippen LogP contribution in [0.2, 0.25) is 0 Å². The van der Waals surface area contributed by atoms with Crippen LogP contribution >= 0.6 is 0 Å². The molecule has 3 N–H and O–H groups in total. The molecular weight excluding hydrogens is 266 g/mol. The fourth-order valence-corrected chi connectivity index (χ4v) is 1.81. The quantitative estimate of drug-likeness (QED) is 0.483. The van der Waals surface area contributed by atoms with Gasteiger partial charge in [0.25, 0.3) is 5.69 Å². The third kappa shape index (κ3) is 2.41. The largest absolute Gasteiger partial charge is 0.463 e. The lowest BCUT2D eigenvalue weighted by molar-refractivity contribution is -0.384. The maximum absolute atomic E-state index is 11.7. The molecule has 0 bridgehead atoms. The van der Waals surface area contributed by atoms with E-state index < -0.39 is 10.9 Å². The van der Waals surface area contributed by atoms with Crippen LogP contribution in [0.4, 0.5) is 11.4 Å². The maximum Gasteiger partial charge on any atom is 0.376 e. The van der Waals surface area contributed by atoms with Crippen molar-refractivity contribution in [1.82, 2.24) is 0 Å². The highest BCUT2D eigenvalue weighted by Gasteiger charge is 2.22. The first kappa shape index (κ1) is 13.8. The number of benzene rings is 1. The summed E-state index contributed by atoms with van der Waals surface area (Å²) in [4.78, 5) is 22.0. The highest BCUT2D eigenvalue weighted by atomic mass is 16.6. The van der Waals surface area contributed by atoms with Crippen molar-refractivity contribution in [2.24, 2.45) is 5.73 Å². The van der Waals surface area contributed by atoms with Crippen molar-refractivity contribution in [1.29, 1.82) is 0 Å². The summed E-state index contributed by atoms with van der Waals surface area (Å²) in [6, 6.07) is 4.08. The predicted molar refractivity (Wildman–Crippen MR) is 71.8 cm³/mol. The van der Waals surface area contributed by atoms with Gasteiger partial charge in [0.15, 0.2) is 0 Å². The van der Waals surface area contributed by atoms with Crippen LogP contribution in [-0.2, 0) is 4.74 Å². The Balaban J connectivity index is 2.61. The predicted octanol–water partition coefficient (Wildman–Crippen LogP) is 1.50. The second kappa shape index (κ2) is 5.57. The second-order valence-electron chi connectivity index (χ2n) is 3.95. The zero-order valence-corrected chi connectivity index (χ0v) is 10.7. The number of ether oxygens (including phenoxy) is 1. The van der Waals surface area contributed by atoms with Gasteiger partial charge in [-0.2, -0.15) is 0 Å². The summed E-state index contributed by atoms with van der Waals surface area (Å²) in [7, 11) is 1.23. The normalized spacial score (nSPS) is 10.5. The number of methoxy groups -OCH3 is 1. The van der Waals surface area contributed by atoms with E-state index in [-0.39, 0.29) is 11.4 Å². The van der Waals surface area contributed by atoms with Crippen LogP contribution in [0.25, 0.3) is 11.0 Å². The first-order valence-corrected chi connectivity index (χ1v) is 5.81. The van der Waals surface area contributed by atoms with Gasteiger partial charge in [-0.3, -0.25) is 10.1 Å². The van der Waals surface area contributed by atoms with Gasteiger partial charge < -0.3 is 20.2 Å². The number of nitrogens with two attached hydrogens (primary N) is 1. The van der Waals surface area contributed by atoms with E-state index in [9.17, 15) is 14.9 Å². The van der Waals surface area contributed by atoms with Crippen molar-refractivity contribution < 1.29 is 18.9 Å². The van der Waals surface area contributed by atoms with Crippen molar-refractivity contribution in [3.63, 3.8) is 0 Å². The van der Waals surface area contributed by atoms with Crippen LogP contribution in [0.1, 0.15) is 10.6 Å². The fraction of sp³-hybridized carbons (Fsp3) is 0.250. The number of carbonyl (C=O) groups excluding carboxylic acids is 1. The van der Waals surface area contributed by atoms with Crippen molar-refractivity contribution in [2.45, 2.75) is 0 Å². The van der Waals surface area contributed by atoms with E-state index in [0.29, 0.717) is 29.7 Å². The topological polar surface area (TPSA) is 121 Å². The Bertz CT molecular complexity index is 664. The second-order valence-corrected chi connectivity index (χ2v) is 3.95. The number of non-ortho nitro benzene ring substituents is 1. The lowest BCUT2D eigenvalue weighted by atomic mass is 10.2. The molecule has 0 saturated heterocycles. The Kier molecular flexibility index (Phi) is 3.85. The Labute approximate surface area is 113 Å². The van der Waals surface area contributed by atoms with E-state index in [0.717, 1.165) is 0 Å². The molecule has 8 heteroatoms. The van der Waals surface area contributed by atoms with Crippen LogP contribution < -0.4 is 11.1 Å². The van der Waals surface area contributed by atoms with Gasteiger partial charge in [0.1, 0.15) is 5.58 Å². The number of hydrogen-bond acceptors (Lipinski definition) is 7. The Morgan fingerprint density at radius 2 is 2.30 bits per heavy atom. The average molecular weight is 279 g/mol. The summed E-state index contributed by atoms with van der Waals surface area (Å²) in [5, 5.41) is 14.2. The molecule has 1 aromatic heterocycles. The summed E-state index contributed by atoms with van der Waals surface area (Å²) in [6.07, 6.45) is 0. The van der Waals surface area contributed by atoms with Crippen molar-refractivity contribution >= 4 is 28.3 Å². The zero-order chi connectivity index (χ0) is 14.7. The van der Waals surface area contributed by atoms with Crippen molar-refractivity contribution in [3.8, 4) is 0 Å². The minimum absolute atomic E-state index is 0.0311. The van der Waals surface area contributed by atoms with E-state index in [1.54, 1.807) is 0 Å². The Hall–Kier alpha value is -2.61. The Morgan fingerprint density at radius 1 is 1.55 bits per heavy atom. The van der Waals surface area contributed by atoms with Crippen LogP contribution in [0.15, 0.2) is 22.6 Å². The highest BCUT2D eigenvalue weighted by molar-refractivity contribution is 6.04. The number of nitro benzene ring substituents is 1. The van der Waals surface area contributed by atoms with Gasteiger partial charge in [0.2, 0.25) is 5.76 Å². The lowest BCUT2D eigenvalue weighted by Crippen LogP contribution is -2.14. The van der Waals surface area contributed by atoms with E-state index in [2.05, 4.69) is 10.1 Å². The average Bonchev–Trinajstić information content (AvgIpc) is 2.81. The number of carbonyl (C=O) groups is 1. The number of esters is 1. The molecule has 1 aromatic carbocycles. The SMILES string of the molecule is COC(=O)c1oc2ccc([N+](=O)[O-])cc2c1NCCN. The maximum atomic E-state index is 11.7. The molecule has 2 rings (SSSR count). The number of fused-ring (bicyclic) bond motifs is 1. The number of nitrogens with one attached hydrogen (secondary N) is 1. The number of rotatable bonds is 5. The first-order valence-electron chi connectivity index (χ1n) is 5.81. The van der Waals surface area contributed by atoms with Crippen LogP contribution in [0.5, 0.6) is 0 Å². The van der Waals surface area contributed by atoms with Gasteiger partial charge in [-0.15, -0.1) is 0 Å². The molecule has 0 aliphatic carbocycles. The number of hydrogen-bond donors (Lipinski definition) is 2. The smallest absolute Gasteiger partial charge is 0.376 e. The fourth-order valence-electron chi connectivity index (χ4n) is 1.81. The van der Waals surface area contributed by atoms with Crippen LogP contribution in [0.3, 0.4) is 0 Å². The van der Waals surface area contributed by atoms with Gasteiger partial charge in [-0.05, 0) is 6.07 Å². The molecule has 0 spiro atoms. The zero-order valence-electron chi connectivity index (χ0n) is 10.7. The molecule has 2 aromatic rings. The van der Waals surface area contributed by atoms with Gasteiger partial charge in [-0.1, -0.05) is 0 Å². The molecule has 0 aliphatic heterocycles. The standard InChI is InChI=1S/C12H13N3O5/c1-19-12(16)11-10(14-5-4-13)8-6-7(15(17)18)2-3-9(8)20-11/h2-3,6,14H,4-5,13H2,1H3. The highest BCUT2D eigenvalue weighted by Crippen LogP contribution is 2.33. The summed E-state index contributed by atoms with van der Waals surface area (Å²) in [5.41, 5.74) is 6.02. The van der Waals surface area contributed by atoms with Gasteiger partial charge in [0.05, 0.1) is 23.1 Å². The number of furan rings is 1. The van der Waals surface area contributed by atoms with Gasteiger partial charge >= 0.3 is 5.97 Å². The van der Waals surface area contributed by atoms with E-state index in [1.165, 1.54) is 25.3 Å². The van der Waals surface area contributed by atoms with Crippen LogP contribution in [-0.4, -0.2) is 31.1 Å². The number of nitrogens with zero attached hydrogens (tertiary/aromatic N) is 1. The molecule has 20 heavy (non-hydrogen) atoms. The van der Waals surface area contributed by atoms with Crippen LogP contribution in [0, 0.1) is 10.1 Å². The lowest BCUT2D eigenvalue weighted by Gasteiger charge is -2.04. The number of nitro groups is 1. The van der Waals surface area contributed by atoms with Gasteiger partial charge in [-0.25, -0.2) is 4.79 Å². The third-order valence-corrected chi connectivity index (χ3v) is 2.70. The molecule has 0 saturated carbocycles. The molecule has 0 atom stereocenters. The minimum atomic E-state index is -0.664. The molecule has 0 aliphatic rings. The Morgan fingerprint density at radius 3 is 2.90 bits per heavy atom. The van der Waals surface area contributed by atoms with E-state index in [4.69, 9.17) is 10.2 Å². The molecule has 0 unspecified atom stereocenters. The summed E-state index contributed by atoms with van der Waals surface area (Å²) >= 11 is 0. The third-order valence-electron chi connectivity index (χ3n) is 2.70. The molecule has 106 valence electrons. The molecule has 1 heterocycles. The van der Waals surface area contributed by atoms with Gasteiger partial charge in [0, 0.05) is 25.2 Å². The number of anilines is 1. The first-order chi connectivity index (χ1) is 9.58. The summed E-state index contributed by atoms with van der Waals surface area (Å²) in [6.45, 7) is 0.726. The summed E-state index contributed by atoms with van der Waals surface area (Å²) < 4.78 is 10.0. The minimum Gasteiger partial charge on any atom is -0.463 e. The molecule has 0 fully saturated rings. The summed E-state index contributed by atoms with van der Waals surface area (Å²) in [5.74, 6) is -0.695. The van der Waals surface area contributed by atoms with E-state index >= 15 is 0 Å². The molecule has 0 radical (unpaired) electrons. The molecule has 8 nitrogen and oxygen atoms in total. The van der Waals surface area contributed by atoms with Crippen molar-refractivity contribution in [2.75, 3.05) is 25.5 Å². The monoisotopic (exact) mass is 279 g/mol. The van der Waals surface area contributed by atoms with Crippen molar-refractivity contribution in [3.05, 3.63) is 34.1 Å². The van der Waals surface area contributed by atoms with E-state index in [1.807, 2.05) is 0 Å².